The first-order valence-corrected chi connectivity index (χ1v) is 6.32. The van der Waals surface area contributed by atoms with Gasteiger partial charge in [-0.3, -0.25) is 0 Å². The number of benzene rings is 2. The average Bonchev–Trinajstić information content (AvgIpc) is 2.44. The molecule has 0 unspecified atom stereocenters. The molecule has 0 aliphatic heterocycles. The third-order valence-electron chi connectivity index (χ3n) is 2.57. The number of ether oxygens (including phenoxy) is 1. The van der Waals surface area contributed by atoms with Crippen LogP contribution in [0.15, 0.2) is 30.3 Å². The van der Waals surface area contributed by atoms with E-state index < -0.39 is 29.0 Å². The molecule has 7 heteroatoms. The number of hydrogen-bond donors (Lipinski definition) is 1. The van der Waals surface area contributed by atoms with Gasteiger partial charge in [0.2, 0.25) is 11.6 Å². The van der Waals surface area contributed by atoms with Crippen LogP contribution in [0.1, 0.15) is 0 Å². The molecule has 0 bridgehead atoms. The largest absolute Gasteiger partial charge is 0.486 e. The maximum absolute atomic E-state index is 13.3. The topological polar surface area (TPSA) is 21.3 Å². The summed E-state index contributed by atoms with van der Waals surface area (Å²) in [6.45, 7) is -0.0272. The van der Waals surface area contributed by atoms with E-state index in [0.29, 0.717) is 10.7 Å². The predicted octanol–water partition coefficient (Wildman–Crippen LogP) is 4.39. The van der Waals surface area contributed by atoms with Gasteiger partial charge in [-0.15, -0.1) is 0 Å². The molecule has 2 rings (SSSR count). The number of halogens is 5. The molecule has 0 saturated carbocycles. The summed E-state index contributed by atoms with van der Waals surface area (Å²) in [7, 11) is 0. The van der Waals surface area contributed by atoms with Crippen molar-refractivity contribution in [1.29, 1.82) is 0 Å². The Morgan fingerprint density at radius 1 is 1.00 bits per heavy atom. The highest BCUT2D eigenvalue weighted by Crippen LogP contribution is 2.26. The van der Waals surface area contributed by atoms with Gasteiger partial charge in [-0.25, -0.2) is 8.78 Å². The zero-order chi connectivity index (χ0) is 15.4. The van der Waals surface area contributed by atoms with Crippen molar-refractivity contribution in [2.24, 2.45) is 0 Å². The van der Waals surface area contributed by atoms with E-state index >= 15 is 0 Å². The highest BCUT2D eigenvalue weighted by Gasteiger charge is 2.20. The Morgan fingerprint density at radius 3 is 2.29 bits per heavy atom. The van der Waals surface area contributed by atoms with Crippen LogP contribution in [0, 0.1) is 23.3 Å². The van der Waals surface area contributed by atoms with Gasteiger partial charge < -0.3 is 10.1 Å². The minimum Gasteiger partial charge on any atom is -0.486 e. The summed E-state index contributed by atoms with van der Waals surface area (Å²) in [5, 5.41) is 3.40. The van der Waals surface area contributed by atoms with Crippen molar-refractivity contribution in [1.82, 2.24) is 0 Å². The molecule has 0 saturated heterocycles. The Bertz CT molecular complexity index is 625. The molecule has 0 aliphatic carbocycles. The third-order valence-corrected chi connectivity index (χ3v) is 2.81. The average molecular weight is 320 g/mol. The number of rotatable bonds is 5. The molecule has 0 spiro atoms. The first kappa shape index (κ1) is 15.4. The smallest absolute Gasteiger partial charge is 0.203 e. The molecule has 0 aromatic heterocycles. The highest BCUT2D eigenvalue weighted by atomic mass is 35.5. The van der Waals surface area contributed by atoms with E-state index in [4.69, 9.17) is 16.3 Å². The molecule has 2 aromatic rings. The predicted molar refractivity (Wildman–Crippen MR) is 71.7 cm³/mol. The molecule has 0 heterocycles. The summed E-state index contributed by atoms with van der Waals surface area (Å²) in [4.78, 5) is 0. The molecule has 0 atom stereocenters. The second-order valence-corrected chi connectivity index (χ2v) is 4.52. The van der Waals surface area contributed by atoms with Crippen molar-refractivity contribution < 1.29 is 22.3 Å². The summed E-state index contributed by atoms with van der Waals surface area (Å²) < 4.78 is 57.3. The maximum Gasteiger partial charge on any atom is 0.203 e. The zero-order valence-electron chi connectivity index (χ0n) is 10.6. The molecular formula is C14H10ClF4NO. The lowest BCUT2D eigenvalue weighted by Gasteiger charge is -2.11. The first-order valence-electron chi connectivity index (χ1n) is 5.94. The van der Waals surface area contributed by atoms with Crippen LogP contribution in [0.3, 0.4) is 0 Å². The molecule has 0 radical (unpaired) electrons. The molecule has 0 aliphatic rings. The highest BCUT2D eigenvalue weighted by molar-refractivity contribution is 6.30. The van der Waals surface area contributed by atoms with Crippen LogP contribution in [-0.2, 0) is 0 Å². The van der Waals surface area contributed by atoms with Gasteiger partial charge in [0.15, 0.2) is 17.4 Å². The van der Waals surface area contributed by atoms with Crippen LogP contribution in [0.25, 0.3) is 0 Å². The van der Waals surface area contributed by atoms with Crippen LogP contribution in [0.5, 0.6) is 5.75 Å². The Kier molecular flexibility index (Phi) is 4.90. The second-order valence-electron chi connectivity index (χ2n) is 4.08. The van der Waals surface area contributed by atoms with E-state index in [1.807, 2.05) is 0 Å². The second kappa shape index (κ2) is 6.67. The van der Waals surface area contributed by atoms with Gasteiger partial charge in [-0.05, 0) is 18.2 Å². The molecular weight excluding hydrogens is 310 g/mol. The summed E-state index contributed by atoms with van der Waals surface area (Å²) in [6, 6.07) is 6.90. The summed E-state index contributed by atoms with van der Waals surface area (Å²) in [6.07, 6.45) is 0. The van der Waals surface area contributed by atoms with Crippen molar-refractivity contribution in [2.45, 2.75) is 0 Å². The van der Waals surface area contributed by atoms with Crippen molar-refractivity contribution in [3.63, 3.8) is 0 Å². The molecule has 21 heavy (non-hydrogen) atoms. The van der Waals surface area contributed by atoms with Gasteiger partial charge in [-0.1, -0.05) is 17.7 Å². The number of anilines is 1. The van der Waals surface area contributed by atoms with Crippen LogP contribution in [0.4, 0.5) is 23.2 Å². The number of hydrogen-bond acceptors (Lipinski definition) is 2. The van der Waals surface area contributed by atoms with Gasteiger partial charge >= 0.3 is 0 Å². The maximum atomic E-state index is 13.3. The van der Waals surface area contributed by atoms with Gasteiger partial charge in [0.1, 0.15) is 6.61 Å². The zero-order valence-corrected chi connectivity index (χ0v) is 11.4. The minimum absolute atomic E-state index is 0.127. The lowest BCUT2D eigenvalue weighted by Crippen LogP contribution is -2.13. The Morgan fingerprint density at radius 2 is 1.67 bits per heavy atom. The fourth-order valence-corrected chi connectivity index (χ4v) is 1.82. The number of nitrogens with one attached hydrogen (secondary N) is 1. The molecule has 2 nitrogen and oxygen atoms in total. The van der Waals surface area contributed by atoms with Crippen molar-refractivity contribution >= 4 is 17.3 Å². The molecule has 0 amide bonds. The third kappa shape index (κ3) is 3.78. The molecule has 0 fully saturated rings. The van der Waals surface area contributed by atoms with Gasteiger partial charge in [-0.2, -0.15) is 8.78 Å². The van der Waals surface area contributed by atoms with Gasteiger partial charge in [0.05, 0.1) is 0 Å². The Labute approximate surface area is 123 Å². The lowest BCUT2D eigenvalue weighted by molar-refractivity contribution is 0.282. The van der Waals surface area contributed by atoms with E-state index in [9.17, 15) is 17.6 Å². The van der Waals surface area contributed by atoms with E-state index in [1.165, 1.54) is 0 Å². The molecule has 1 N–H and O–H groups in total. The summed E-state index contributed by atoms with van der Waals surface area (Å²) in [5.41, 5.74) is 0.678. The van der Waals surface area contributed by atoms with Crippen molar-refractivity contribution in [3.8, 4) is 5.75 Å². The van der Waals surface area contributed by atoms with Crippen LogP contribution < -0.4 is 10.1 Å². The standard InChI is InChI=1S/C14H10ClF4NO/c15-8-2-1-3-9(6-8)20-4-5-21-14-12(18)10(16)7-11(17)13(14)19/h1-3,6-7,20H,4-5H2. The van der Waals surface area contributed by atoms with Crippen LogP contribution in [0.2, 0.25) is 5.02 Å². The van der Waals surface area contributed by atoms with E-state index in [2.05, 4.69) is 5.32 Å². The van der Waals surface area contributed by atoms with E-state index in [0.717, 1.165) is 0 Å². The SMILES string of the molecule is Fc1cc(F)c(F)c(OCCNc2cccc(Cl)c2)c1F. The monoisotopic (exact) mass is 319 g/mol. The van der Waals surface area contributed by atoms with Crippen molar-refractivity contribution in [3.05, 3.63) is 58.6 Å². The van der Waals surface area contributed by atoms with Crippen LogP contribution in [-0.4, -0.2) is 13.2 Å². The Balaban J connectivity index is 1.95. The van der Waals surface area contributed by atoms with E-state index in [1.54, 1.807) is 24.3 Å². The fourth-order valence-electron chi connectivity index (χ4n) is 1.62. The van der Waals surface area contributed by atoms with Gasteiger partial charge in [0.25, 0.3) is 0 Å². The Hall–Kier alpha value is -1.95. The fraction of sp³-hybridized carbons (Fsp3) is 0.143. The molecule has 2 aromatic carbocycles. The normalized spacial score (nSPS) is 10.5. The summed E-state index contributed by atoms with van der Waals surface area (Å²) >= 11 is 5.78. The van der Waals surface area contributed by atoms with Gasteiger partial charge in [0, 0.05) is 23.3 Å². The van der Waals surface area contributed by atoms with Crippen molar-refractivity contribution in [2.75, 3.05) is 18.5 Å². The quantitative estimate of drug-likeness (QED) is 0.501. The summed E-state index contributed by atoms with van der Waals surface area (Å²) in [5.74, 6) is -7.20. The lowest BCUT2D eigenvalue weighted by atomic mass is 10.3. The van der Waals surface area contributed by atoms with Crippen LogP contribution >= 0.6 is 11.6 Å². The van der Waals surface area contributed by atoms with E-state index in [-0.39, 0.29) is 19.2 Å². The minimum atomic E-state index is -1.56. The first-order chi connectivity index (χ1) is 9.99. The molecule has 112 valence electrons.